The SMILES string of the molecule is COC(=O)c1cnn2cc(C(C)C)ncc12. The average molecular weight is 219 g/mol. The van der Waals surface area contributed by atoms with Crippen LogP contribution in [0.5, 0.6) is 0 Å². The van der Waals surface area contributed by atoms with Crippen molar-refractivity contribution in [3.05, 3.63) is 29.8 Å². The Morgan fingerprint density at radius 1 is 1.44 bits per heavy atom. The summed E-state index contributed by atoms with van der Waals surface area (Å²) in [6.07, 6.45) is 4.97. The maximum atomic E-state index is 11.4. The molecule has 0 radical (unpaired) electrons. The standard InChI is InChI=1S/C11H13N3O2/c1-7(2)9-6-14-10(5-12-9)8(4-13-14)11(15)16-3/h4-7H,1-3H3. The molecule has 2 aromatic heterocycles. The van der Waals surface area contributed by atoms with E-state index in [1.807, 2.05) is 6.20 Å². The van der Waals surface area contributed by atoms with Gasteiger partial charge in [0.15, 0.2) is 0 Å². The topological polar surface area (TPSA) is 56.5 Å². The number of hydrogen-bond acceptors (Lipinski definition) is 4. The second kappa shape index (κ2) is 3.92. The van der Waals surface area contributed by atoms with Gasteiger partial charge in [-0.25, -0.2) is 9.31 Å². The van der Waals surface area contributed by atoms with Gasteiger partial charge in [0, 0.05) is 0 Å². The number of methoxy groups -OCH3 is 1. The summed E-state index contributed by atoms with van der Waals surface area (Å²) >= 11 is 0. The zero-order valence-electron chi connectivity index (χ0n) is 9.47. The molecule has 0 aliphatic rings. The number of hydrogen-bond donors (Lipinski definition) is 0. The molecule has 5 heteroatoms. The lowest BCUT2D eigenvalue weighted by Gasteiger charge is -2.04. The first kappa shape index (κ1) is 10.6. The minimum Gasteiger partial charge on any atom is -0.465 e. The fraction of sp³-hybridized carbons (Fsp3) is 0.364. The first-order valence-corrected chi connectivity index (χ1v) is 5.05. The second-order valence-electron chi connectivity index (χ2n) is 3.85. The Morgan fingerprint density at radius 3 is 2.81 bits per heavy atom. The van der Waals surface area contributed by atoms with Crippen molar-refractivity contribution in [3.63, 3.8) is 0 Å². The molecule has 0 fully saturated rings. The minimum absolute atomic E-state index is 0.329. The average Bonchev–Trinajstić information content (AvgIpc) is 2.70. The molecule has 0 saturated carbocycles. The van der Waals surface area contributed by atoms with Gasteiger partial charge in [-0.05, 0) is 5.92 Å². The van der Waals surface area contributed by atoms with Crippen molar-refractivity contribution in [2.24, 2.45) is 0 Å². The monoisotopic (exact) mass is 219 g/mol. The van der Waals surface area contributed by atoms with E-state index in [4.69, 9.17) is 0 Å². The van der Waals surface area contributed by atoms with Crippen molar-refractivity contribution in [2.75, 3.05) is 7.11 Å². The number of nitrogens with zero attached hydrogens (tertiary/aromatic N) is 3. The minimum atomic E-state index is -0.394. The van der Waals surface area contributed by atoms with E-state index in [9.17, 15) is 4.79 Å². The molecule has 0 atom stereocenters. The largest absolute Gasteiger partial charge is 0.465 e. The first-order chi connectivity index (χ1) is 7.63. The molecule has 0 aliphatic carbocycles. The van der Waals surface area contributed by atoms with Crippen LogP contribution in [-0.2, 0) is 4.74 Å². The highest BCUT2D eigenvalue weighted by atomic mass is 16.5. The predicted molar refractivity (Wildman–Crippen MR) is 58.4 cm³/mol. The van der Waals surface area contributed by atoms with E-state index < -0.39 is 5.97 Å². The number of carbonyl (C=O) groups is 1. The lowest BCUT2D eigenvalue weighted by molar-refractivity contribution is 0.0603. The molecular formula is C11H13N3O2. The molecule has 2 heterocycles. The third-order valence-electron chi connectivity index (χ3n) is 2.42. The number of aromatic nitrogens is 3. The Bertz CT molecular complexity index is 531. The molecule has 0 saturated heterocycles. The summed E-state index contributed by atoms with van der Waals surface area (Å²) in [4.78, 5) is 15.7. The van der Waals surface area contributed by atoms with Crippen molar-refractivity contribution in [1.29, 1.82) is 0 Å². The third-order valence-corrected chi connectivity index (χ3v) is 2.42. The van der Waals surface area contributed by atoms with Crippen LogP contribution < -0.4 is 0 Å². The van der Waals surface area contributed by atoms with Crippen LogP contribution in [0, 0.1) is 0 Å². The van der Waals surface area contributed by atoms with Crippen LogP contribution in [0.15, 0.2) is 18.6 Å². The highest BCUT2D eigenvalue weighted by Crippen LogP contribution is 2.15. The lowest BCUT2D eigenvalue weighted by atomic mass is 10.1. The van der Waals surface area contributed by atoms with Gasteiger partial charge in [-0.15, -0.1) is 0 Å². The normalized spacial score (nSPS) is 11.0. The van der Waals surface area contributed by atoms with Crippen molar-refractivity contribution in [1.82, 2.24) is 14.6 Å². The molecule has 0 amide bonds. The van der Waals surface area contributed by atoms with E-state index in [1.165, 1.54) is 13.3 Å². The van der Waals surface area contributed by atoms with Crippen LogP contribution >= 0.6 is 0 Å². The maximum Gasteiger partial charge on any atom is 0.341 e. The zero-order chi connectivity index (χ0) is 11.7. The first-order valence-electron chi connectivity index (χ1n) is 5.05. The summed E-state index contributed by atoms with van der Waals surface area (Å²) < 4.78 is 6.31. The number of esters is 1. The van der Waals surface area contributed by atoms with Crippen molar-refractivity contribution in [2.45, 2.75) is 19.8 Å². The Labute approximate surface area is 93.1 Å². The Morgan fingerprint density at radius 2 is 2.19 bits per heavy atom. The molecular weight excluding hydrogens is 206 g/mol. The van der Waals surface area contributed by atoms with Gasteiger partial charge in [0.2, 0.25) is 0 Å². The van der Waals surface area contributed by atoms with Crippen LogP contribution in [0.4, 0.5) is 0 Å². The van der Waals surface area contributed by atoms with E-state index in [-0.39, 0.29) is 0 Å². The Hall–Kier alpha value is -1.91. The van der Waals surface area contributed by atoms with Gasteiger partial charge < -0.3 is 4.74 Å². The molecule has 0 spiro atoms. The summed E-state index contributed by atoms with van der Waals surface area (Å²) in [6.45, 7) is 4.11. The van der Waals surface area contributed by atoms with Gasteiger partial charge in [0.05, 0.1) is 36.9 Å². The molecule has 0 aromatic carbocycles. The summed E-state index contributed by atoms with van der Waals surface area (Å²) in [6, 6.07) is 0. The molecule has 0 N–H and O–H groups in total. The second-order valence-corrected chi connectivity index (χ2v) is 3.85. The van der Waals surface area contributed by atoms with Crippen LogP contribution in [0.3, 0.4) is 0 Å². The zero-order valence-corrected chi connectivity index (χ0v) is 9.47. The maximum absolute atomic E-state index is 11.4. The molecule has 0 aliphatic heterocycles. The summed E-state index contributed by atoms with van der Waals surface area (Å²) in [5, 5.41) is 4.11. The van der Waals surface area contributed by atoms with Gasteiger partial charge in [0.1, 0.15) is 5.56 Å². The Kier molecular flexibility index (Phi) is 2.60. The fourth-order valence-electron chi connectivity index (χ4n) is 1.46. The van der Waals surface area contributed by atoms with E-state index in [2.05, 4.69) is 28.7 Å². The molecule has 0 unspecified atom stereocenters. The molecule has 16 heavy (non-hydrogen) atoms. The van der Waals surface area contributed by atoms with E-state index in [0.29, 0.717) is 17.0 Å². The highest BCUT2D eigenvalue weighted by Gasteiger charge is 2.13. The van der Waals surface area contributed by atoms with Gasteiger partial charge in [-0.1, -0.05) is 13.8 Å². The summed E-state index contributed by atoms with van der Waals surface area (Å²) in [5.74, 6) is -0.0655. The quantitative estimate of drug-likeness (QED) is 0.720. The van der Waals surface area contributed by atoms with Gasteiger partial charge in [-0.3, -0.25) is 4.98 Å². The molecule has 0 bridgehead atoms. The highest BCUT2D eigenvalue weighted by molar-refractivity contribution is 5.96. The molecule has 84 valence electrons. The summed E-state index contributed by atoms with van der Waals surface area (Å²) in [7, 11) is 1.35. The third kappa shape index (κ3) is 1.64. The van der Waals surface area contributed by atoms with Crippen molar-refractivity contribution >= 4 is 11.5 Å². The van der Waals surface area contributed by atoms with E-state index in [0.717, 1.165) is 5.69 Å². The van der Waals surface area contributed by atoms with Crippen LogP contribution in [-0.4, -0.2) is 27.7 Å². The molecule has 2 aromatic rings. The Balaban J connectivity index is 2.54. The van der Waals surface area contributed by atoms with Crippen LogP contribution in [0.1, 0.15) is 35.8 Å². The molecule has 2 rings (SSSR count). The smallest absolute Gasteiger partial charge is 0.341 e. The van der Waals surface area contributed by atoms with Crippen molar-refractivity contribution < 1.29 is 9.53 Å². The molecule has 5 nitrogen and oxygen atoms in total. The van der Waals surface area contributed by atoms with E-state index >= 15 is 0 Å². The predicted octanol–water partition coefficient (Wildman–Crippen LogP) is 1.64. The number of ether oxygens (including phenoxy) is 1. The van der Waals surface area contributed by atoms with E-state index in [1.54, 1.807) is 10.7 Å². The van der Waals surface area contributed by atoms with Crippen molar-refractivity contribution in [3.8, 4) is 0 Å². The number of fused-ring (bicyclic) bond motifs is 1. The van der Waals surface area contributed by atoms with Gasteiger partial charge in [0.25, 0.3) is 0 Å². The lowest BCUT2D eigenvalue weighted by Crippen LogP contribution is -2.02. The number of rotatable bonds is 2. The fourth-order valence-corrected chi connectivity index (χ4v) is 1.46. The van der Waals surface area contributed by atoms with Crippen LogP contribution in [0.2, 0.25) is 0 Å². The summed E-state index contributed by atoms with van der Waals surface area (Å²) in [5.41, 5.74) is 2.04. The van der Waals surface area contributed by atoms with Gasteiger partial charge >= 0.3 is 5.97 Å². The van der Waals surface area contributed by atoms with Gasteiger partial charge in [-0.2, -0.15) is 5.10 Å². The number of carbonyl (C=O) groups excluding carboxylic acids is 1. The van der Waals surface area contributed by atoms with Crippen LogP contribution in [0.25, 0.3) is 5.52 Å².